The second-order valence-electron chi connectivity index (χ2n) is 2.72. The van der Waals surface area contributed by atoms with E-state index in [4.69, 9.17) is 23.2 Å². The first-order valence-corrected chi connectivity index (χ1v) is 5.26. The average molecular weight is 276 g/mol. The monoisotopic (exact) mass is 274 g/mol. The Morgan fingerprint density at radius 3 is 2.46 bits per heavy atom. The maximum absolute atomic E-state index is 6.05. The van der Waals surface area contributed by atoms with Crippen LogP contribution in [0.2, 0.25) is 10.0 Å². The molecule has 0 N–H and O–H groups in total. The summed E-state index contributed by atoms with van der Waals surface area (Å²) < 4.78 is 0.943. The van der Waals surface area contributed by atoms with Gasteiger partial charge in [0.25, 0.3) is 0 Å². The van der Waals surface area contributed by atoms with Crippen molar-refractivity contribution >= 4 is 49.9 Å². The van der Waals surface area contributed by atoms with Crippen molar-refractivity contribution in [2.75, 3.05) is 0 Å². The molecule has 0 radical (unpaired) electrons. The van der Waals surface area contributed by atoms with Crippen LogP contribution in [0.3, 0.4) is 0 Å². The van der Waals surface area contributed by atoms with Crippen molar-refractivity contribution in [1.82, 2.24) is 0 Å². The van der Waals surface area contributed by atoms with Crippen LogP contribution in [-0.4, -0.2) is 0 Å². The third-order valence-electron chi connectivity index (χ3n) is 1.86. The standard InChI is InChI=1S/C10H5BrCl2/c11-6-4-8-7(10(13)5-6)2-1-3-9(8)12/h1-5H. The Balaban J connectivity index is 2.94. The summed E-state index contributed by atoms with van der Waals surface area (Å²) in [7, 11) is 0. The van der Waals surface area contributed by atoms with Gasteiger partial charge in [0, 0.05) is 25.3 Å². The lowest BCUT2D eigenvalue weighted by Crippen LogP contribution is -1.76. The summed E-state index contributed by atoms with van der Waals surface area (Å²) in [5.74, 6) is 0. The fourth-order valence-electron chi connectivity index (χ4n) is 1.27. The highest BCUT2D eigenvalue weighted by Gasteiger charge is 2.03. The summed E-state index contributed by atoms with van der Waals surface area (Å²) in [4.78, 5) is 0. The molecule has 2 aromatic rings. The van der Waals surface area contributed by atoms with Crippen molar-refractivity contribution in [3.05, 3.63) is 44.8 Å². The molecular weight excluding hydrogens is 271 g/mol. The summed E-state index contributed by atoms with van der Waals surface area (Å²) in [6.07, 6.45) is 0. The second kappa shape index (κ2) is 3.49. The van der Waals surface area contributed by atoms with Gasteiger partial charge in [0.15, 0.2) is 0 Å². The molecule has 0 amide bonds. The first-order chi connectivity index (χ1) is 6.18. The van der Waals surface area contributed by atoms with Crippen LogP contribution >= 0.6 is 39.1 Å². The normalized spacial score (nSPS) is 10.7. The summed E-state index contributed by atoms with van der Waals surface area (Å²) in [5.41, 5.74) is 0. The van der Waals surface area contributed by atoms with Crippen molar-refractivity contribution in [2.45, 2.75) is 0 Å². The smallest absolute Gasteiger partial charge is 0.0496 e. The van der Waals surface area contributed by atoms with Gasteiger partial charge in [-0.25, -0.2) is 0 Å². The van der Waals surface area contributed by atoms with Crippen LogP contribution in [0.4, 0.5) is 0 Å². The number of hydrogen-bond donors (Lipinski definition) is 0. The fourth-order valence-corrected chi connectivity index (χ4v) is 2.37. The van der Waals surface area contributed by atoms with E-state index in [1.165, 1.54) is 0 Å². The van der Waals surface area contributed by atoms with Gasteiger partial charge in [-0.1, -0.05) is 51.3 Å². The SMILES string of the molecule is Clc1cc(Br)cc2c(Cl)cccc12. The first kappa shape index (κ1) is 9.32. The van der Waals surface area contributed by atoms with Gasteiger partial charge in [-0.3, -0.25) is 0 Å². The number of halogens is 3. The van der Waals surface area contributed by atoms with Crippen LogP contribution < -0.4 is 0 Å². The molecule has 0 nitrogen and oxygen atoms in total. The molecule has 0 saturated carbocycles. The van der Waals surface area contributed by atoms with E-state index in [0.29, 0.717) is 5.02 Å². The molecule has 0 atom stereocenters. The molecule has 2 rings (SSSR count). The van der Waals surface area contributed by atoms with E-state index in [2.05, 4.69) is 15.9 Å². The van der Waals surface area contributed by atoms with E-state index in [0.717, 1.165) is 20.3 Å². The highest BCUT2D eigenvalue weighted by atomic mass is 79.9. The predicted molar refractivity (Wildman–Crippen MR) is 61.7 cm³/mol. The Morgan fingerprint density at radius 1 is 0.923 bits per heavy atom. The second-order valence-corrected chi connectivity index (χ2v) is 4.45. The van der Waals surface area contributed by atoms with Gasteiger partial charge < -0.3 is 0 Å². The average Bonchev–Trinajstić information content (AvgIpc) is 2.07. The van der Waals surface area contributed by atoms with Crippen LogP contribution in [0.25, 0.3) is 10.8 Å². The van der Waals surface area contributed by atoms with Gasteiger partial charge >= 0.3 is 0 Å². The fraction of sp³-hybridized carbons (Fsp3) is 0. The number of fused-ring (bicyclic) bond motifs is 1. The van der Waals surface area contributed by atoms with Gasteiger partial charge in [-0.05, 0) is 18.2 Å². The van der Waals surface area contributed by atoms with E-state index in [9.17, 15) is 0 Å². The first-order valence-electron chi connectivity index (χ1n) is 3.72. The minimum Gasteiger partial charge on any atom is -0.0837 e. The summed E-state index contributed by atoms with van der Waals surface area (Å²) in [5, 5.41) is 3.40. The lowest BCUT2D eigenvalue weighted by molar-refractivity contribution is 1.70. The van der Waals surface area contributed by atoms with Gasteiger partial charge in [0.2, 0.25) is 0 Å². The molecule has 0 fully saturated rings. The zero-order valence-electron chi connectivity index (χ0n) is 6.52. The zero-order chi connectivity index (χ0) is 9.42. The predicted octanol–water partition coefficient (Wildman–Crippen LogP) is 4.91. The number of benzene rings is 2. The number of hydrogen-bond acceptors (Lipinski definition) is 0. The topological polar surface area (TPSA) is 0 Å². The molecule has 0 heterocycles. The van der Waals surface area contributed by atoms with Gasteiger partial charge in [0.1, 0.15) is 0 Å². The molecule has 0 unspecified atom stereocenters. The quantitative estimate of drug-likeness (QED) is 0.641. The molecule has 0 aromatic heterocycles. The third-order valence-corrected chi connectivity index (χ3v) is 2.96. The molecule has 3 heteroatoms. The molecule has 0 aliphatic rings. The molecule has 13 heavy (non-hydrogen) atoms. The van der Waals surface area contributed by atoms with Gasteiger partial charge in [-0.15, -0.1) is 0 Å². The van der Waals surface area contributed by atoms with Crippen LogP contribution in [-0.2, 0) is 0 Å². The molecule has 0 spiro atoms. The van der Waals surface area contributed by atoms with Crippen molar-refractivity contribution < 1.29 is 0 Å². The van der Waals surface area contributed by atoms with E-state index in [1.807, 2.05) is 30.3 Å². The summed E-state index contributed by atoms with van der Waals surface area (Å²) in [6, 6.07) is 9.52. The van der Waals surface area contributed by atoms with Crippen molar-refractivity contribution in [2.24, 2.45) is 0 Å². The molecule has 0 bridgehead atoms. The molecule has 0 aliphatic carbocycles. The number of rotatable bonds is 0. The Kier molecular flexibility index (Phi) is 2.50. The zero-order valence-corrected chi connectivity index (χ0v) is 9.62. The Hall–Kier alpha value is -0.240. The largest absolute Gasteiger partial charge is 0.0837 e. The molecular formula is C10H5BrCl2. The van der Waals surface area contributed by atoms with E-state index < -0.39 is 0 Å². The highest BCUT2D eigenvalue weighted by Crippen LogP contribution is 2.32. The van der Waals surface area contributed by atoms with Crippen molar-refractivity contribution in [1.29, 1.82) is 0 Å². The van der Waals surface area contributed by atoms with Crippen molar-refractivity contribution in [3.63, 3.8) is 0 Å². The molecule has 0 saturated heterocycles. The van der Waals surface area contributed by atoms with E-state index in [-0.39, 0.29) is 0 Å². The van der Waals surface area contributed by atoms with Gasteiger partial charge in [-0.2, -0.15) is 0 Å². The maximum atomic E-state index is 6.05. The molecule has 2 aromatic carbocycles. The van der Waals surface area contributed by atoms with Crippen LogP contribution in [0.15, 0.2) is 34.8 Å². The van der Waals surface area contributed by atoms with E-state index in [1.54, 1.807) is 0 Å². The maximum Gasteiger partial charge on any atom is 0.0496 e. The third kappa shape index (κ3) is 1.69. The lowest BCUT2D eigenvalue weighted by Gasteiger charge is -2.02. The minimum absolute atomic E-state index is 0.715. The van der Waals surface area contributed by atoms with Crippen molar-refractivity contribution in [3.8, 4) is 0 Å². The van der Waals surface area contributed by atoms with Crippen LogP contribution in [0, 0.1) is 0 Å². The van der Waals surface area contributed by atoms with Crippen LogP contribution in [0.1, 0.15) is 0 Å². The minimum atomic E-state index is 0.715. The summed E-state index contributed by atoms with van der Waals surface area (Å²) in [6.45, 7) is 0. The highest BCUT2D eigenvalue weighted by molar-refractivity contribution is 9.10. The Labute approximate surface area is 94.6 Å². The van der Waals surface area contributed by atoms with Crippen LogP contribution in [0.5, 0.6) is 0 Å². The summed E-state index contributed by atoms with van der Waals surface area (Å²) >= 11 is 15.4. The Bertz CT molecular complexity index is 466. The molecule has 0 aliphatic heterocycles. The molecule has 66 valence electrons. The Morgan fingerprint density at radius 2 is 1.69 bits per heavy atom. The van der Waals surface area contributed by atoms with E-state index >= 15 is 0 Å². The lowest BCUT2D eigenvalue weighted by atomic mass is 10.1. The van der Waals surface area contributed by atoms with Gasteiger partial charge in [0.05, 0.1) is 0 Å².